The number of hydrogen-bond acceptors (Lipinski definition) is 0. The van der Waals surface area contributed by atoms with Crippen molar-refractivity contribution in [2.75, 3.05) is 0 Å². The van der Waals surface area contributed by atoms with Crippen LogP contribution in [0.5, 0.6) is 0 Å². The molecule has 0 aliphatic rings. The Balaban J connectivity index is 1.35. The van der Waals surface area contributed by atoms with Gasteiger partial charge in [-0.2, -0.15) is 0 Å². The van der Waals surface area contributed by atoms with Crippen LogP contribution in [-0.4, -0.2) is 20.7 Å². The summed E-state index contributed by atoms with van der Waals surface area (Å²) in [6, 6.07) is 37.3. The van der Waals surface area contributed by atoms with Crippen molar-refractivity contribution in [1.29, 1.82) is 0 Å². The van der Waals surface area contributed by atoms with Crippen molar-refractivity contribution in [3.05, 3.63) is 194 Å². The second-order valence-corrected chi connectivity index (χ2v) is 44.8. The molecule has 91 heavy (non-hydrogen) atoms. The fourth-order valence-electron chi connectivity index (χ4n) is 10.8. The minimum Gasteiger partial charge on any atom is -0.201 e. The maximum Gasteiger partial charge on any atom is 0.254 e. The van der Waals surface area contributed by atoms with Crippen LogP contribution in [0.2, 0.25) is 36.3 Å². The first-order valence-electron chi connectivity index (χ1n) is 33.8. The molecular formula is C87H113N2Si2+. The number of nitrogens with zero attached hydrogens (tertiary/aromatic N) is 2. The van der Waals surface area contributed by atoms with Gasteiger partial charge in [-0.05, 0) is 161 Å². The van der Waals surface area contributed by atoms with Gasteiger partial charge in [-0.3, -0.25) is 0 Å². The van der Waals surface area contributed by atoms with E-state index in [0.29, 0.717) is 0 Å². The molecule has 0 fully saturated rings. The van der Waals surface area contributed by atoms with Crippen molar-refractivity contribution < 1.29 is 4.57 Å². The molecule has 7 aromatic rings. The first kappa shape index (κ1) is 71.6. The van der Waals surface area contributed by atoms with Crippen LogP contribution < -0.4 is 4.57 Å². The maximum atomic E-state index is 3.82. The van der Waals surface area contributed by atoms with E-state index in [0.717, 1.165) is 44.5 Å². The number of hydrogen-bond donors (Lipinski definition) is 0. The Morgan fingerprint density at radius 2 is 0.593 bits per heavy atom. The summed E-state index contributed by atoms with van der Waals surface area (Å²) < 4.78 is 4.72. The minimum absolute atomic E-state index is 0.0100. The zero-order valence-electron chi connectivity index (χ0n) is 62.2. The first-order valence-corrected chi connectivity index (χ1v) is 39.8. The second kappa shape index (κ2) is 26.3. The molecule has 0 atom stereocenters. The third-order valence-electron chi connectivity index (χ3n) is 19.3. The second-order valence-electron chi connectivity index (χ2n) is 34.8. The summed E-state index contributed by atoms with van der Waals surface area (Å²) in [7, 11) is -3.80. The molecule has 1 aromatic heterocycles. The summed E-state index contributed by atoms with van der Waals surface area (Å²) in [5, 5.41) is 0.294. The van der Waals surface area contributed by atoms with Crippen LogP contribution in [-0.2, 0) is 21.7 Å². The molecule has 0 aliphatic heterocycles. The molecule has 0 unspecified atom stereocenters. The van der Waals surface area contributed by atoms with Gasteiger partial charge in [-0.25, -0.2) is 9.13 Å². The fraction of sp³-hybridized carbons (Fsp3) is 0.460. The summed E-state index contributed by atoms with van der Waals surface area (Å²) in [5.41, 5.74) is 31.2. The van der Waals surface area contributed by atoms with E-state index < -0.39 is 16.1 Å². The Bertz CT molecular complexity index is 3740. The SMILES string of the molecule is CC(C)c1cc(C#Cc2cc(C#C[Si](C)(C)C(C)(C)C)cc(-c3cc(C(C)(C)C)cc(C(C)(C)C)c3)c2)cc(C(C)C)c1-n1cc[n+](-c2c(C(C)C)cc(C#Cc3cc(C#C[Si](C)(C)C(C)(C)C)cc(-c4cc(C(C)(C)C)cc(C(C)(C)C)c4)c3)cc2C(C)C)c1. The molecule has 2 nitrogen and oxygen atoms in total. The summed E-state index contributed by atoms with van der Waals surface area (Å²) in [6.45, 7) is 69.8. The van der Waals surface area contributed by atoms with Gasteiger partial charge in [0.1, 0.15) is 39.9 Å². The zero-order valence-corrected chi connectivity index (χ0v) is 64.2. The van der Waals surface area contributed by atoms with Crippen molar-refractivity contribution in [2.24, 2.45) is 0 Å². The number of benzene rings is 6. The highest BCUT2D eigenvalue weighted by Gasteiger charge is 2.35. The lowest BCUT2D eigenvalue weighted by molar-refractivity contribution is -0.596. The Kier molecular flexibility index (Phi) is 20.7. The summed E-state index contributed by atoms with van der Waals surface area (Å²) >= 11 is 0. The Morgan fingerprint density at radius 1 is 0.330 bits per heavy atom. The quantitative estimate of drug-likeness (QED) is 0.0815. The Morgan fingerprint density at radius 3 is 0.868 bits per heavy atom. The van der Waals surface area contributed by atoms with Crippen LogP contribution in [0.25, 0.3) is 33.6 Å². The normalized spacial score (nSPS) is 12.8. The van der Waals surface area contributed by atoms with Crippen molar-refractivity contribution in [3.63, 3.8) is 0 Å². The van der Waals surface area contributed by atoms with Gasteiger partial charge in [0.15, 0.2) is 0 Å². The molecule has 0 saturated carbocycles. The van der Waals surface area contributed by atoms with Crippen LogP contribution in [0, 0.1) is 46.6 Å². The van der Waals surface area contributed by atoms with Gasteiger partial charge >= 0.3 is 0 Å². The predicted molar refractivity (Wildman–Crippen MR) is 402 cm³/mol. The van der Waals surface area contributed by atoms with Crippen LogP contribution in [0.3, 0.4) is 0 Å². The van der Waals surface area contributed by atoms with E-state index in [-0.39, 0.29) is 55.4 Å². The minimum atomic E-state index is -1.90. The van der Waals surface area contributed by atoms with Gasteiger partial charge in [0.25, 0.3) is 6.33 Å². The van der Waals surface area contributed by atoms with Gasteiger partial charge in [0.2, 0.25) is 0 Å². The lowest BCUT2D eigenvalue weighted by Gasteiger charge is -2.31. The monoisotopic (exact) mass is 1240 g/mol. The molecule has 0 spiro atoms. The van der Waals surface area contributed by atoms with Gasteiger partial charge in [0.05, 0.1) is 0 Å². The molecule has 0 aliphatic carbocycles. The van der Waals surface area contributed by atoms with Gasteiger partial charge in [-0.1, -0.05) is 278 Å². The fourth-order valence-corrected chi connectivity index (χ4v) is 12.5. The maximum absolute atomic E-state index is 3.82. The van der Waals surface area contributed by atoms with E-state index in [9.17, 15) is 0 Å². The molecule has 7 rings (SSSR count). The number of imidazole rings is 1. The topological polar surface area (TPSA) is 8.81 Å². The summed E-state index contributed by atoms with van der Waals surface area (Å²) in [6.07, 6.45) is 6.79. The average Bonchev–Trinajstić information content (AvgIpc) is 1.86. The Hall–Kier alpha value is -6.80. The van der Waals surface area contributed by atoms with Gasteiger partial charge < -0.3 is 0 Å². The van der Waals surface area contributed by atoms with Crippen LogP contribution >= 0.6 is 0 Å². The molecule has 6 aromatic carbocycles. The first-order chi connectivity index (χ1) is 41.6. The van der Waals surface area contributed by atoms with Crippen molar-refractivity contribution in [1.82, 2.24) is 4.57 Å². The Labute approximate surface area is 557 Å². The molecule has 4 heteroatoms. The molecule has 0 saturated heterocycles. The van der Waals surface area contributed by atoms with E-state index in [1.807, 2.05) is 0 Å². The third kappa shape index (κ3) is 17.3. The molecule has 0 bridgehead atoms. The molecule has 0 amide bonds. The van der Waals surface area contributed by atoms with Crippen molar-refractivity contribution >= 4 is 16.1 Å². The van der Waals surface area contributed by atoms with Crippen LogP contribution in [0.15, 0.2) is 116 Å². The largest absolute Gasteiger partial charge is 0.254 e. The van der Waals surface area contributed by atoms with Gasteiger partial charge in [0, 0.05) is 55.6 Å². The van der Waals surface area contributed by atoms with Crippen molar-refractivity contribution in [2.45, 2.75) is 262 Å². The molecule has 0 N–H and O–H groups in total. The third-order valence-corrected chi connectivity index (χ3v) is 28.3. The van der Waals surface area contributed by atoms with Crippen LogP contribution in [0.1, 0.15) is 282 Å². The zero-order chi connectivity index (χ0) is 68.1. The summed E-state index contributed by atoms with van der Waals surface area (Å²) in [4.78, 5) is 0. The molecule has 0 radical (unpaired) electrons. The summed E-state index contributed by atoms with van der Waals surface area (Å²) in [5.74, 6) is 23.2. The predicted octanol–water partition coefficient (Wildman–Crippen LogP) is 23.4. The molecule has 478 valence electrons. The average molecular weight is 1240 g/mol. The van der Waals surface area contributed by atoms with E-state index in [1.54, 1.807) is 0 Å². The van der Waals surface area contributed by atoms with Crippen molar-refractivity contribution in [3.8, 4) is 80.2 Å². The van der Waals surface area contributed by atoms with E-state index in [2.05, 4.69) is 378 Å². The lowest BCUT2D eigenvalue weighted by atomic mass is 9.78. The highest BCUT2D eigenvalue weighted by Crippen LogP contribution is 2.41. The standard InChI is InChI=1S/C87H113N2Si2/c1-58(2)76-47-64(33-31-62-41-66(35-39-90(27,28)86(21,22)23)45-68(43-62)70-51-72(82(9,10)11)55-73(52-70)83(12,13)14)48-77(59(3)4)80(76)88-37-38-89(57-88)81-78(60(5)6)49-65(50-79(81)61(7)8)34-32-63-42-67(36-40-91(29,30)87(24,25)26)46-69(44-63)71-53-74(84(15,16)17)56-75(54-71)85(18,19)20/h37-38,41-61H,1-30H3/q+1. The number of aromatic nitrogens is 2. The number of rotatable bonds is 8. The molecule has 1 heterocycles. The highest BCUT2D eigenvalue weighted by molar-refractivity contribution is 6.88. The van der Waals surface area contributed by atoms with E-state index in [1.165, 1.54) is 67.0 Å². The van der Waals surface area contributed by atoms with E-state index in [4.69, 9.17) is 0 Å². The lowest BCUT2D eigenvalue weighted by Crippen LogP contribution is -2.35. The van der Waals surface area contributed by atoms with Crippen LogP contribution in [0.4, 0.5) is 0 Å². The molecular weight excluding hydrogens is 1130 g/mol. The van der Waals surface area contributed by atoms with E-state index >= 15 is 0 Å². The van der Waals surface area contributed by atoms with Gasteiger partial charge in [-0.15, -0.1) is 11.1 Å². The highest BCUT2D eigenvalue weighted by atomic mass is 28.3. The smallest absolute Gasteiger partial charge is 0.201 e.